The number of primary sulfonamides is 1. The van der Waals surface area contributed by atoms with E-state index >= 15 is 0 Å². The Morgan fingerprint density at radius 2 is 2.10 bits per heavy atom. The van der Waals surface area contributed by atoms with E-state index in [1.165, 1.54) is 25.3 Å². The second kappa shape index (κ2) is 6.46. The number of hydrogen-bond acceptors (Lipinski definition) is 4. The SMILES string of the molecule is Cc1c(Br)cc(C(=O)OCCC2CCC2)cc1S(N)(=O)=O. The molecule has 0 saturated heterocycles. The third-order valence-corrected chi connectivity index (χ3v) is 5.68. The van der Waals surface area contributed by atoms with Crippen LogP contribution in [-0.4, -0.2) is 21.0 Å². The number of carbonyl (C=O) groups excluding carboxylic acids is 1. The van der Waals surface area contributed by atoms with Gasteiger partial charge in [0.1, 0.15) is 0 Å². The molecule has 1 aromatic carbocycles. The van der Waals surface area contributed by atoms with Crippen LogP contribution in [0.15, 0.2) is 21.5 Å². The van der Waals surface area contributed by atoms with E-state index < -0.39 is 16.0 Å². The van der Waals surface area contributed by atoms with Crippen molar-refractivity contribution in [3.05, 3.63) is 27.7 Å². The van der Waals surface area contributed by atoms with Gasteiger partial charge in [0.05, 0.1) is 17.1 Å². The maximum Gasteiger partial charge on any atom is 0.338 e. The number of ether oxygens (including phenoxy) is 1. The Balaban J connectivity index is 2.11. The molecule has 0 spiro atoms. The molecule has 21 heavy (non-hydrogen) atoms. The molecule has 5 nitrogen and oxygen atoms in total. The van der Waals surface area contributed by atoms with Crippen LogP contribution >= 0.6 is 15.9 Å². The molecule has 1 aliphatic carbocycles. The number of rotatable bonds is 5. The van der Waals surface area contributed by atoms with Gasteiger partial charge >= 0.3 is 5.97 Å². The van der Waals surface area contributed by atoms with Crippen LogP contribution in [0.1, 0.15) is 41.6 Å². The highest BCUT2D eigenvalue weighted by Crippen LogP contribution is 2.29. The average molecular weight is 376 g/mol. The summed E-state index contributed by atoms with van der Waals surface area (Å²) in [7, 11) is -3.88. The van der Waals surface area contributed by atoms with Crippen molar-refractivity contribution >= 4 is 31.9 Å². The van der Waals surface area contributed by atoms with Crippen LogP contribution in [0.2, 0.25) is 0 Å². The minimum atomic E-state index is -3.88. The first-order valence-electron chi connectivity index (χ1n) is 6.79. The van der Waals surface area contributed by atoms with Crippen molar-refractivity contribution in [2.45, 2.75) is 37.5 Å². The average Bonchev–Trinajstić information content (AvgIpc) is 2.33. The van der Waals surface area contributed by atoms with Crippen LogP contribution in [-0.2, 0) is 14.8 Å². The number of sulfonamides is 1. The molecular formula is C14H18BrNO4S. The van der Waals surface area contributed by atoms with E-state index in [2.05, 4.69) is 15.9 Å². The van der Waals surface area contributed by atoms with Gasteiger partial charge in [0, 0.05) is 4.47 Å². The van der Waals surface area contributed by atoms with Gasteiger partial charge in [0.25, 0.3) is 0 Å². The topological polar surface area (TPSA) is 86.5 Å². The maximum absolute atomic E-state index is 12.0. The molecule has 2 rings (SSSR count). The Morgan fingerprint density at radius 3 is 2.62 bits per heavy atom. The number of benzene rings is 1. The predicted molar refractivity (Wildman–Crippen MR) is 82.5 cm³/mol. The molecule has 1 fully saturated rings. The normalized spacial score (nSPS) is 15.6. The van der Waals surface area contributed by atoms with E-state index in [0.717, 1.165) is 6.42 Å². The number of halogens is 1. The lowest BCUT2D eigenvalue weighted by Gasteiger charge is -2.24. The van der Waals surface area contributed by atoms with E-state index in [0.29, 0.717) is 22.6 Å². The van der Waals surface area contributed by atoms with E-state index in [4.69, 9.17) is 9.88 Å². The molecule has 2 N–H and O–H groups in total. The lowest BCUT2D eigenvalue weighted by atomic mass is 9.83. The summed E-state index contributed by atoms with van der Waals surface area (Å²) in [6, 6.07) is 2.82. The number of esters is 1. The van der Waals surface area contributed by atoms with Gasteiger partial charge in [-0.3, -0.25) is 0 Å². The Bertz CT molecular complexity index is 653. The van der Waals surface area contributed by atoms with Crippen LogP contribution in [0.3, 0.4) is 0 Å². The molecule has 0 unspecified atom stereocenters. The van der Waals surface area contributed by atoms with E-state index in [1.807, 2.05) is 0 Å². The van der Waals surface area contributed by atoms with Gasteiger partial charge in [-0.2, -0.15) is 0 Å². The lowest BCUT2D eigenvalue weighted by Crippen LogP contribution is -2.17. The molecule has 1 aliphatic rings. The minimum Gasteiger partial charge on any atom is -0.462 e. The lowest BCUT2D eigenvalue weighted by molar-refractivity contribution is 0.0464. The molecule has 1 aromatic rings. The van der Waals surface area contributed by atoms with Crippen molar-refractivity contribution in [2.24, 2.45) is 11.1 Å². The van der Waals surface area contributed by atoms with Gasteiger partial charge < -0.3 is 4.74 Å². The van der Waals surface area contributed by atoms with E-state index in [-0.39, 0.29) is 10.5 Å². The third-order valence-electron chi connectivity index (χ3n) is 3.82. The van der Waals surface area contributed by atoms with Gasteiger partial charge in [-0.1, -0.05) is 35.2 Å². The van der Waals surface area contributed by atoms with Crippen molar-refractivity contribution in [3.8, 4) is 0 Å². The summed E-state index contributed by atoms with van der Waals surface area (Å²) in [6.07, 6.45) is 4.51. The van der Waals surface area contributed by atoms with Gasteiger partial charge in [0.15, 0.2) is 0 Å². The zero-order chi connectivity index (χ0) is 15.6. The molecule has 0 heterocycles. The molecule has 116 valence electrons. The quantitative estimate of drug-likeness (QED) is 0.801. The van der Waals surface area contributed by atoms with Crippen LogP contribution < -0.4 is 5.14 Å². The van der Waals surface area contributed by atoms with Crippen molar-refractivity contribution < 1.29 is 17.9 Å². The molecular weight excluding hydrogens is 358 g/mol. The molecule has 0 aliphatic heterocycles. The first-order chi connectivity index (χ1) is 9.79. The van der Waals surface area contributed by atoms with Crippen LogP contribution in [0.4, 0.5) is 0 Å². The number of carbonyl (C=O) groups is 1. The second-order valence-electron chi connectivity index (χ2n) is 5.35. The first-order valence-corrected chi connectivity index (χ1v) is 9.13. The van der Waals surface area contributed by atoms with Crippen molar-refractivity contribution in [1.29, 1.82) is 0 Å². The zero-order valence-corrected chi connectivity index (χ0v) is 14.2. The van der Waals surface area contributed by atoms with Gasteiger partial charge in [0.2, 0.25) is 10.0 Å². The fourth-order valence-corrected chi connectivity index (χ4v) is 3.67. The second-order valence-corrected chi connectivity index (χ2v) is 7.73. The Labute approximate surface area is 133 Å². The molecule has 0 radical (unpaired) electrons. The van der Waals surface area contributed by atoms with Crippen LogP contribution in [0.25, 0.3) is 0 Å². The van der Waals surface area contributed by atoms with E-state index in [9.17, 15) is 13.2 Å². The van der Waals surface area contributed by atoms with Crippen LogP contribution in [0.5, 0.6) is 0 Å². The smallest absolute Gasteiger partial charge is 0.338 e. The maximum atomic E-state index is 12.0. The van der Waals surface area contributed by atoms with Crippen molar-refractivity contribution in [2.75, 3.05) is 6.61 Å². The highest BCUT2D eigenvalue weighted by Gasteiger charge is 2.20. The van der Waals surface area contributed by atoms with Gasteiger partial charge in [-0.05, 0) is 37.0 Å². The molecule has 7 heteroatoms. The predicted octanol–water partition coefficient (Wildman–Crippen LogP) is 2.75. The Kier molecular flexibility index (Phi) is 5.06. The number of nitrogens with two attached hydrogens (primary N) is 1. The summed E-state index contributed by atoms with van der Waals surface area (Å²) in [4.78, 5) is 11.9. The fraction of sp³-hybridized carbons (Fsp3) is 0.500. The zero-order valence-electron chi connectivity index (χ0n) is 11.8. The first kappa shape index (κ1) is 16.5. The van der Waals surface area contributed by atoms with Crippen molar-refractivity contribution in [1.82, 2.24) is 0 Å². The van der Waals surface area contributed by atoms with Crippen LogP contribution in [0, 0.1) is 12.8 Å². The Hall–Kier alpha value is -0.920. The van der Waals surface area contributed by atoms with E-state index in [1.54, 1.807) is 13.0 Å². The molecule has 0 bridgehead atoms. The summed E-state index contributed by atoms with van der Waals surface area (Å²) in [5.74, 6) is 0.127. The monoisotopic (exact) mass is 375 g/mol. The summed E-state index contributed by atoms with van der Waals surface area (Å²) in [5.41, 5.74) is 0.661. The highest BCUT2D eigenvalue weighted by molar-refractivity contribution is 9.10. The number of hydrogen-bond donors (Lipinski definition) is 1. The Morgan fingerprint density at radius 1 is 1.43 bits per heavy atom. The molecule has 0 aromatic heterocycles. The summed E-state index contributed by atoms with van der Waals surface area (Å²) < 4.78 is 28.8. The summed E-state index contributed by atoms with van der Waals surface area (Å²) >= 11 is 3.24. The standard InChI is InChI=1S/C14H18BrNO4S/c1-9-12(15)7-11(8-13(9)21(16,18)19)14(17)20-6-5-10-3-2-4-10/h7-8,10H,2-6H2,1H3,(H2,16,18,19). The molecule has 0 atom stereocenters. The molecule has 1 saturated carbocycles. The van der Waals surface area contributed by atoms with Gasteiger partial charge in [-0.25, -0.2) is 18.4 Å². The molecule has 0 amide bonds. The van der Waals surface area contributed by atoms with Gasteiger partial charge in [-0.15, -0.1) is 0 Å². The third kappa shape index (κ3) is 4.05. The highest BCUT2D eigenvalue weighted by atomic mass is 79.9. The summed E-state index contributed by atoms with van der Waals surface area (Å²) in [5, 5.41) is 5.16. The van der Waals surface area contributed by atoms with Crippen molar-refractivity contribution in [3.63, 3.8) is 0 Å². The summed E-state index contributed by atoms with van der Waals surface area (Å²) in [6.45, 7) is 1.98. The fourth-order valence-electron chi connectivity index (χ4n) is 2.25. The minimum absolute atomic E-state index is 0.0668. The largest absolute Gasteiger partial charge is 0.462 e.